The van der Waals surface area contributed by atoms with Crippen molar-refractivity contribution in [1.29, 1.82) is 5.26 Å². The predicted molar refractivity (Wildman–Crippen MR) is 116 cm³/mol. The number of carbonyl (C=O) groups is 1. The lowest BCUT2D eigenvalue weighted by Gasteiger charge is -2.16. The summed E-state index contributed by atoms with van der Waals surface area (Å²) in [4.78, 5) is 13.2. The number of fused-ring (bicyclic) bond motifs is 1. The van der Waals surface area contributed by atoms with Crippen LogP contribution in [-0.4, -0.2) is 10.5 Å². The molecule has 5 nitrogen and oxygen atoms in total. The standard InChI is InChI=1S/C25H22N4O/c1-18(21-10-12-28(2)13-11-21)27-25(30)24-15-22-8-3-4-9-23(22)29(24)17-20-7-5-6-19(14-20)16-26/h3-15,18H,17H2,1-2H3/p+1/t18-/m0/s1. The predicted octanol–water partition coefficient (Wildman–Crippen LogP) is 3.88. The molecule has 0 spiro atoms. The van der Waals surface area contributed by atoms with Gasteiger partial charge >= 0.3 is 0 Å². The number of rotatable bonds is 5. The van der Waals surface area contributed by atoms with E-state index in [1.54, 1.807) is 6.07 Å². The van der Waals surface area contributed by atoms with E-state index in [-0.39, 0.29) is 11.9 Å². The molecule has 1 N–H and O–H groups in total. The maximum Gasteiger partial charge on any atom is 0.268 e. The molecule has 0 aliphatic carbocycles. The van der Waals surface area contributed by atoms with Gasteiger partial charge in [-0.2, -0.15) is 5.26 Å². The van der Waals surface area contributed by atoms with E-state index in [1.807, 2.05) is 96.2 Å². The van der Waals surface area contributed by atoms with Crippen molar-refractivity contribution in [2.24, 2.45) is 7.05 Å². The third-order valence-corrected chi connectivity index (χ3v) is 5.29. The summed E-state index contributed by atoms with van der Waals surface area (Å²) in [5, 5.41) is 13.3. The third kappa shape index (κ3) is 3.94. The van der Waals surface area contributed by atoms with Gasteiger partial charge in [0.2, 0.25) is 0 Å². The molecule has 0 bridgehead atoms. The van der Waals surface area contributed by atoms with E-state index in [1.165, 1.54) is 0 Å². The van der Waals surface area contributed by atoms with Crippen LogP contribution in [0.25, 0.3) is 10.9 Å². The van der Waals surface area contributed by atoms with Gasteiger partial charge in [0.05, 0.1) is 17.7 Å². The maximum atomic E-state index is 13.2. The Morgan fingerprint density at radius 2 is 1.87 bits per heavy atom. The van der Waals surface area contributed by atoms with Gasteiger partial charge in [-0.3, -0.25) is 4.79 Å². The fourth-order valence-corrected chi connectivity index (χ4v) is 3.65. The van der Waals surface area contributed by atoms with E-state index in [4.69, 9.17) is 0 Å². The van der Waals surface area contributed by atoms with Crippen molar-refractivity contribution >= 4 is 16.8 Å². The van der Waals surface area contributed by atoms with Crippen LogP contribution >= 0.6 is 0 Å². The first kappa shape index (κ1) is 19.4. The summed E-state index contributed by atoms with van der Waals surface area (Å²) in [6, 6.07) is 23.5. The smallest absolute Gasteiger partial charge is 0.268 e. The summed E-state index contributed by atoms with van der Waals surface area (Å²) >= 11 is 0. The molecule has 0 aliphatic heterocycles. The highest BCUT2D eigenvalue weighted by molar-refractivity contribution is 5.99. The summed E-state index contributed by atoms with van der Waals surface area (Å²) in [5.41, 5.74) is 4.23. The number of aromatic nitrogens is 2. The lowest BCUT2D eigenvalue weighted by atomic mass is 10.1. The van der Waals surface area contributed by atoms with Crippen LogP contribution in [0.4, 0.5) is 0 Å². The molecule has 4 aromatic rings. The number of aryl methyl sites for hydroxylation is 1. The van der Waals surface area contributed by atoms with Crippen molar-refractivity contribution in [3.63, 3.8) is 0 Å². The van der Waals surface area contributed by atoms with Gasteiger partial charge in [0, 0.05) is 29.6 Å². The molecular weight excluding hydrogens is 372 g/mol. The second-order valence-corrected chi connectivity index (χ2v) is 7.48. The van der Waals surface area contributed by atoms with Crippen LogP contribution < -0.4 is 9.88 Å². The zero-order valence-corrected chi connectivity index (χ0v) is 17.0. The minimum atomic E-state index is -0.122. The van der Waals surface area contributed by atoms with Crippen molar-refractivity contribution in [3.8, 4) is 6.07 Å². The fraction of sp³-hybridized carbons (Fsp3) is 0.160. The largest absolute Gasteiger partial charge is 0.344 e. The van der Waals surface area contributed by atoms with Crippen molar-refractivity contribution in [3.05, 3.63) is 102 Å². The zero-order chi connectivity index (χ0) is 21.1. The van der Waals surface area contributed by atoms with Gasteiger partial charge in [-0.15, -0.1) is 0 Å². The number of carbonyl (C=O) groups excluding carboxylic acids is 1. The highest BCUT2D eigenvalue weighted by Gasteiger charge is 2.18. The molecule has 2 aromatic carbocycles. The number of amides is 1. The van der Waals surface area contributed by atoms with Crippen molar-refractivity contribution in [2.45, 2.75) is 19.5 Å². The molecule has 0 aliphatic rings. The van der Waals surface area contributed by atoms with Crippen LogP contribution in [0, 0.1) is 11.3 Å². The number of nitrogens with zero attached hydrogens (tertiary/aromatic N) is 3. The Kier molecular flexibility index (Phi) is 5.32. The average Bonchev–Trinajstić information content (AvgIpc) is 3.13. The first-order valence-electron chi connectivity index (χ1n) is 9.88. The number of hydrogen-bond acceptors (Lipinski definition) is 2. The summed E-state index contributed by atoms with van der Waals surface area (Å²) in [6.45, 7) is 2.50. The molecule has 2 aromatic heterocycles. The number of para-hydroxylation sites is 1. The van der Waals surface area contributed by atoms with Gasteiger partial charge in [0.25, 0.3) is 5.91 Å². The lowest BCUT2D eigenvalue weighted by Crippen LogP contribution is -2.30. The maximum absolute atomic E-state index is 13.2. The number of nitriles is 1. The molecule has 5 heteroatoms. The van der Waals surface area contributed by atoms with Gasteiger partial charge in [-0.05, 0) is 42.3 Å². The topological polar surface area (TPSA) is 61.7 Å². The number of pyridine rings is 1. The third-order valence-electron chi connectivity index (χ3n) is 5.29. The summed E-state index contributed by atoms with van der Waals surface area (Å²) in [6.07, 6.45) is 3.94. The van der Waals surface area contributed by atoms with Crippen LogP contribution in [0.15, 0.2) is 79.1 Å². The number of hydrogen-bond donors (Lipinski definition) is 1. The van der Waals surface area contributed by atoms with Gasteiger partial charge in [-0.1, -0.05) is 30.3 Å². The van der Waals surface area contributed by atoms with Crippen LogP contribution in [0.5, 0.6) is 0 Å². The van der Waals surface area contributed by atoms with Gasteiger partial charge in [-0.25, -0.2) is 4.57 Å². The molecule has 0 radical (unpaired) electrons. The van der Waals surface area contributed by atoms with E-state index in [2.05, 4.69) is 11.4 Å². The first-order valence-corrected chi connectivity index (χ1v) is 9.88. The molecular formula is C25H23N4O+. The van der Waals surface area contributed by atoms with Crippen molar-refractivity contribution < 1.29 is 9.36 Å². The molecule has 4 rings (SSSR count). The Morgan fingerprint density at radius 3 is 2.63 bits per heavy atom. The Balaban J connectivity index is 1.67. The molecule has 30 heavy (non-hydrogen) atoms. The summed E-state index contributed by atoms with van der Waals surface area (Å²) in [7, 11) is 1.97. The van der Waals surface area contributed by atoms with E-state index in [0.29, 0.717) is 17.8 Å². The summed E-state index contributed by atoms with van der Waals surface area (Å²) in [5.74, 6) is -0.122. The second kappa shape index (κ2) is 8.22. The number of benzene rings is 2. The van der Waals surface area contributed by atoms with Crippen LogP contribution in [-0.2, 0) is 13.6 Å². The van der Waals surface area contributed by atoms with Crippen molar-refractivity contribution in [2.75, 3.05) is 0 Å². The average molecular weight is 395 g/mol. The molecule has 0 saturated heterocycles. The van der Waals surface area contributed by atoms with Gasteiger partial charge < -0.3 is 9.88 Å². The quantitative estimate of drug-likeness (QED) is 0.521. The van der Waals surface area contributed by atoms with Gasteiger partial charge in [0.1, 0.15) is 12.7 Å². The fourth-order valence-electron chi connectivity index (χ4n) is 3.65. The molecule has 0 unspecified atom stereocenters. The minimum Gasteiger partial charge on any atom is -0.344 e. The van der Waals surface area contributed by atoms with E-state index in [0.717, 1.165) is 22.0 Å². The van der Waals surface area contributed by atoms with Crippen LogP contribution in [0.3, 0.4) is 0 Å². The first-order chi connectivity index (χ1) is 14.5. The van der Waals surface area contributed by atoms with E-state index in [9.17, 15) is 10.1 Å². The Bertz CT molecular complexity index is 1250. The zero-order valence-electron chi connectivity index (χ0n) is 17.0. The minimum absolute atomic E-state index is 0.118. The normalized spacial score (nSPS) is 11.8. The Morgan fingerprint density at radius 1 is 1.10 bits per heavy atom. The highest BCUT2D eigenvalue weighted by Crippen LogP contribution is 2.22. The molecule has 0 saturated carbocycles. The van der Waals surface area contributed by atoms with E-state index < -0.39 is 0 Å². The molecule has 2 heterocycles. The molecule has 0 fully saturated rings. The number of nitrogens with one attached hydrogen (secondary N) is 1. The SMILES string of the molecule is C[C@H](NC(=O)c1cc2ccccc2n1Cc1cccc(C#N)c1)c1cc[n+](C)cc1. The monoisotopic (exact) mass is 395 g/mol. The second-order valence-electron chi connectivity index (χ2n) is 7.48. The Labute approximate surface area is 175 Å². The van der Waals surface area contributed by atoms with Crippen molar-refractivity contribution in [1.82, 2.24) is 9.88 Å². The highest BCUT2D eigenvalue weighted by atomic mass is 16.2. The van der Waals surface area contributed by atoms with Crippen LogP contribution in [0.2, 0.25) is 0 Å². The molecule has 148 valence electrons. The molecule has 1 amide bonds. The van der Waals surface area contributed by atoms with Crippen LogP contribution in [0.1, 0.15) is 40.1 Å². The molecule has 1 atom stereocenters. The lowest BCUT2D eigenvalue weighted by molar-refractivity contribution is -0.671. The van der Waals surface area contributed by atoms with Gasteiger partial charge in [0.15, 0.2) is 12.4 Å². The van der Waals surface area contributed by atoms with E-state index >= 15 is 0 Å². The summed E-state index contributed by atoms with van der Waals surface area (Å²) < 4.78 is 3.98. The Hall–Kier alpha value is -3.91.